The Morgan fingerprint density at radius 1 is 0.933 bits per heavy atom. The molecule has 0 aliphatic heterocycles. The predicted octanol–water partition coefficient (Wildman–Crippen LogP) is 8.67. The number of hydrogen-bond donors (Lipinski definition) is 1. The molecule has 0 bridgehead atoms. The molecule has 0 heterocycles. The van der Waals surface area contributed by atoms with Crippen molar-refractivity contribution in [2.24, 2.45) is 0 Å². The van der Waals surface area contributed by atoms with Crippen LogP contribution < -0.4 is 0 Å². The first-order valence-corrected chi connectivity index (χ1v) is 12.7. The first-order chi connectivity index (χ1) is 14.0. The van der Waals surface area contributed by atoms with Gasteiger partial charge in [-0.1, -0.05) is 102 Å². The van der Waals surface area contributed by atoms with E-state index in [0.29, 0.717) is 5.57 Å². The maximum atomic E-state index is 10.9. The molecule has 2 aromatic carbocycles. The standard InChI is InChI=1S/2C10H7Br3O2/c1-5(10(14)15)2-7-8(12)3-6(11)4-9(7)13;1-2-10(14)15-5-7-8(12)3-6(11)4-9(7)13/h2-4H,1H3,(H,14,15);2-4H,1,5H2. The van der Waals surface area contributed by atoms with Gasteiger partial charge in [0.05, 0.1) is 0 Å². The van der Waals surface area contributed by atoms with Crippen molar-refractivity contribution in [2.75, 3.05) is 0 Å². The van der Waals surface area contributed by atoms with Gasteiger partial charge >= 0.3 is 11.9 Å². The number of esters is 1. The van der Waals surface area contributed by atoms with E-state index < -0.39 is 11.9 Å². The van der Waals surface area contributed by atoms with E-state index in [4.69, 9.17) is 9.84 Å². The monoisotopic (exact) mass is 792 g/mol. The van der Waals surface area contributed by atoms with Crippen LogP contribution in [0.2, 0.25) is 0 Å². The lowest BCUT2D eigenvalue weighted by Crippen LogP contribution is -2.01. The highest BCUT2D eigenvalue weighted by Gasteiger charge is 2.09. The third-order valence-corrected chi connectivity index (χ3v) is 7.02. The largest absolute Gasteiger partial charge is 0.478 e. The molecule has 2 aromatic rings. The summed E-state index contributed by atoms with van der Waals surface area (Å²) >= 11 is 20.2. The average molecular weight is 798 g/mol. The number of benzene rings is 2. The van der Waals surface area contributed by atoms with Gasteiger partial charge in [-0.15, -0.1) is 0 Å². The lowest BCUT2D eigenvalue weighted by Gasteiger charge is -2.08. The minimum Gasteiger partial charge on any atom is -0.478 e. The molecule has 0 aliphatic carbocycles. The Hall–Kier alpha value is -0.260. The number of ether oxygens (including phenoxy) is 1. The molecule has 0 aromatic heterocycles. The summed E-state index contributed by atoms with van der Waals surface area (Å²) in [5.74, 6) is -1.35. The van der Waals surface area contributed by atoms with Gasteiger partial charge in [-0.3, -0.25) is 0 Å². The Kier molecular flexibility index (Phi) is 12.3. The Labute approximate surface area is 224 Å². The average Bonchev–Trinajstić information content (AvgIpc) is 2.63. The van der Waals surface area contributed by atoms with Crippen LogP contribution in [0.15, 0.2) is 69.3 Å². The normalized spacial score (nSPS) is 10.7. The number of hydrogen-bond acceptors (Lipinski definition) is 3. The Morgan fingerprint density at radius 3 is 1.77 bits per heavy atom. The molecule has 0 radical (unpaired) electrons. The van der Waals surface area contributed by atoms with Crippen LogP contribution in [0.3, 0.4) is 0 Å². The summed E-state index contributed by atoms with van der Waals surface area (Å²) < 4.78 is 10.2. The Balaban J connectivity index is 0.000000300. The molecule has 160 valence electrons. The lowest BCUT2D eigenvalue weighted by atomic mass is 10.1. The van der Waals surface area contributed by atoms with E-state index in [1.54, 1.807) is 13.0 Å². The zero-order chi connectivity index (χ0) is 23.0. The molecular formula is C20H14Br6O4. The molecule has 1 N–H and O–H groups in total. The van der Waals surface area contributed by atoms with Gasteiger partial charge in [0.15, 0.2) is 0 Å². The summed E-state index contributed by atoms with van der Waals surface area (Å²) in [6.45, 7) is 5.09. The zero-order valence-corrected chi connectivity index (χ0v) is 24.8. The number of carbonyl (C=O) groups excluding carboxylic acids is 1. The first kappa shape index (κ1) is 27.8. The van der Waals surface area contributed by atoms with E-state index in [2.05, 4.69) is 102 Å². The number of rotatable bonds is 5. The highest BCUT2D eigenvalue weighted by Crippen LogP contribution is 2.32. The van der Waals surface area contributed by atoms with Crippen molar-refractivity contribution in [3.8, 4) is 0 Å². The predicted molar refractivity (Wildman–Crippen MR) is 140 cm³/mol. The smallest absolute Gasteiger partial charge is 0.331 e. The van der Waals surface area contributed by atoms with Crippen molar-refractivity contribution in [3.05, 3.63) is 80.5 Å². The van der Waals surface area contributed by atoms with E-state index in [1.807, 2.05) is 24.3 Å². The molecule has 0 spiro atoms. The van der Waals surface area contributed by atoms with Crippen LogP contribution in [0.5, 0.6) is 0 Å². The summed E-state index contributed by atoms with van der Waals surface area (Å²) in [5.41, 5.74) is 1.99. The van der Waals surface area contributed by atoms with Crippen molar-refractivity contribution >= 4 is 114 Å². The van der Waals surface area contributed by atoms with Gasteiger partial charge in [0.25, 0.3) is 0 Å². The van der Waals surface area contributed by atoms with E-state index in [9.17, 15) is 9.59 Å². The van der Waals surface area contributed by atoms with Crippen LogP contribution in [-0.4, -0.2) is 17.0 Å². The summed E-state index contributed by atoms with van der Waals surface area (Å²) in [5, 5.41) is 8.77. The maximum absolute atomic E-state index is 10.9. The molecule has 0 saturated carbocycles. The molecule has 0 unspecified atom stereocenters. The quantitative estimate of drug-likeness (QED) is 0.243. The molecule has 2 rings (SSSR count). The molecule has 0 amide bonds. The fourth-order valence-corrected chi connectivity index (χ4v) is 6.86. The summed E-state index contributed by atoms with van der Waals surface area (Å²) in [4.78, 5) is 21.6. The minimum atomic E-state index is -0.920. The second-order valence-corrected chi connectivity index (χ2v) is 10.8. The number of carboxylic acids is 1. The fraction of sp³-hybridized carbons (Fsp3) is 0.100. The van der Waals surface area contributed by atoms with Crippen molar-refractivity contribution < 1.29 is 19.4 Å². The molecule has 0 fully saturated rings. The number of carboxylic acid groups (broad SMARTS) is 1. The van der Waals surface area contributed by atoms with Gasteiger partial charge in [0.2, 0.25) is 0 Å². The molecular weight excluding hydrogens is 784 g/mol. The summed E-state index contributed by atoms with van der Waals surface area (Å²) in [7, 11) is 0. The molecule has 0 atom stereocenters. The molecule has 10 heteroatoms. The first-order valence-electron chi connectivity index (χ1n) is 7.95. The lowest BCUT2D eigenvalue weighted by molar-refractivity contribution is -0.139. The fourth-order valence-electron chi connectivity index (χ4n) is 1.88. The zero-order valence-electron chi connectivity index (χ0n) is 15.3. The Bertz CT molecular complexity index is 955. The van der Waals surface area contributed by atoms with Gasteiger partial charge in [0, 0.05) is 49.6 Å². The SMILES string of the molecule is C=CC(=O)OCc1c(Br)cc(Br)cc1Br.CC(=Cc1c(Br)cc(Br)cc1Br)C(=O)O. The minimum absolute atomic E-state index is 0.208. The number of halogens is 6. The van der Waals surface area contributed by atoms with Crippen molar-refractivity contribution in [1.82, 2.24) is 0 Å². The van der Waals surface area contributed by atoms with Crippen LogP contribution in [0.1, 0.15) is 18.1 Å². The van der Waals surface area contributed by atoms with E-state index in [1.165, 1.54) is 0 Å². The molecule has 30 heavy (non-hydrogen) atoms. The van der Waals surface area contributed by atoms with Gasteiger partial charge in [-0.05, 0) is 37.3 Å². The van der Waals surface area contributed by atoms with Crippen LogP contribution >= 0.6 is 95.6 Å². The second-order valence-electron chi connectivity index (χ2n) is 5.58. The van der Waals surface area contributed by atoms with Crippen LogP contribution in [0.4, 0.5) is 0 Å². The Morgan fingerprint density at radius 2 is 1.37 bits per heavy atom. The van der Waals surface area contributed by atoms with E-state index >= 15 is 0 Å². The molecule has 0 saturated heterocycles. The number of aliphatic carboxylic acids is 1. The van der Waals surface area contributed by atoms with Crippen molar-refractivity contribution in [2.45, 2.75) is 13.5 Å². The highest BCUT2D eigenvalue weighted by molar-refractivity contribution is 9.12. The third-order valence-electron chi connectivity index (χ3n) is 3.37. The third kappa shape index (κ3) is 9.08. The van der Waals surface area contributed by atoms with Gasteiger partial charge in [0.1, 0.15) is 6.61 Å². The van der Waals surface area contributed by atoms with Crippen molar-refractivity contribution in [3.63, 3.8) is 0 Å². The highest BCUT2D eigenvalue weighted by atomic mass is 79.9. The van der Waals surface area contributed by atoms with Gasteiger partial charge in [-0.2, -0.15) is 0 Å². The summed E-state index contributed by atoms with van der Waals surface area (Å²) in [6.07, 6.45) is 2.75. The number of carbonyl (C=O) groups is 2. The van der Waals surface area contributed by atoms with E-state index in [-0.39, 0.29) is 6.61 Å². The van der Waals surface area contributed by atoms with Crippen LogP contribution in [0, 0.1) is 0 Å². The van der Waals surface area contributed by atoms with Crippen LogP contribution in [0.25, 0.3) is 6.08 Å². The van der Waals surface area contributed by atoms with Gasteiger partial charge < -0.3 is 9.84 Å². The van der Waals surface area contributed by atoms with Gasteiger partial charge in [-0.25, -0.2) is 9.59 Å². The molecule has 0 aliphatic rings. The molecule has 4 nitrogen and oxygen atoms in total. The second kappa shape index (κ2) is 13.3. The topological polar surface area (TPSA) is 63.6 Å². The van der Waals surface area contributed by atoms with Crippen LogP contribution in [-0.2, 0) is 20.9 Å². The van der Waals surface area contributed by atoms with Crippen molar-refractivity contribution in [1.29, 1.82) is 0 Å². The maximum Gasteiger partial charge on any atom is 0.331 e. The summed E-state index contributed by atoms with van der Waals surface area (Å²) in [6, 6.07) is 7.52. The van der Waals surface area contributed by atoms with E-state index in [0.717, 1.165) is 44.0 Å².